The highest BCUT2D eigenvalue weighted by molar-refractivity contribution is 5.96. The Labute approximate surface area is 231 Å². The van der Waals surface area contributed by atoms with Gasteiger partial charge in [0.1, 0.15) is 0 Å². The van der Waals surface area contributed by atoms with Gasteiger partial charge in [0.25, 0.3) is 0 Å². The second kappa shape index (κ2) is 9.56. The summed E-state index contributed by atoms with van der Waals surface area (Å²) in [6, 6.07) is 13.1. The first-order chi connectivity index (χ1) is 20.1. The topological polar surface area (TPSA) is 230 Å². The van der Waals surface area contributed by atoms with Crippen LogP contribution in [-0.2, 0) is 0 Å². The third-order valence-corrected chi connectivity index (χ3v) is 6.46. The van der Waals surface area contributed by atoms with Crippen LogP contribution in [0.15, 0.2) is 48.5 Å². The molecule has 0 saturated heterocycles. The Morgan fingerprint density at radius 1 is 0.524 bits per heavy atom. The molecule has 2 aliphatic heterocycles. The number of nitrogens with zero attached hydrogens (tertiary/aromatic N) is 6. The third-order valence-electron chi connectivity index (χ3n) is 6.46. The molecule has 0 aliphatic carbocycles. The van der Waals surface area contributed by atoms with Crippen LogP contribution in [0.5, 0.6) is 0 Å². The number of H-pyrrole nitrogens is 2. The Morgan fingerprint density at radius 2 is 0.976 bits per heavy atom. The molecule has 2 aliphatic rings. The number of nitrogens with one attached hydrogen (secondary N) is 2. The van der Waals surface area contributed by atoms with Crippen molar-refractivity contribution in [1.82, 2.24) is 19.9 Å². The molecule has 42 heavy (non-hydrogen) atoms. The summed E-state index contributed by atoms with van der Waals surface area (Å²) in [5.41, 5.74) is -2.86. The summed E-state index contributed by atoms with van der Waals surface area (Å²) < 4.78 is 0. The molecule has 0 spiro atoms. The molecule has 8 bridgehead atoms. The normalized spacial score (nSPS) is 11.9. The first kappa shape index (κ1) is 25.7. The first-order valence-electron chi connectivity index (χ1n) is 12.0. The fourth-order valence-corrected chi connectivity index (χ4v) is 4.79. The maximum absolute atomic E-state index is 12.3. The van der Waals surface area contributed by atoms with Crippen LogP contribution in [0.4, 0.5) is 22.7 Å². The number of fused-ring (bicyclic) bond motifs is 8. The zero-order valence-electron chi connectivity index (χ0n) is 20.9. The van der Waals surface area contributed by atoms with Gasteiger partial charge in [-0.1, -0.05) is 0 Å². The lowest BCUT2D eigenvalue weighted by Gasteiger charge is -2.07. The van der Waals surface area contributed by atoms with Crippen LogP contribution >= 0.6 is 0 Å². The molecule has 4 aromatic rings. The molecule has 1 aromatic carbocycles. The highest BCUT2D eigenvalue weighted by Gasteiger charge is 2.47. The van der Waals surface area contributed by atoms with E-state index in [0.717, 1.165) is 11.0 Å². The highest BCUT2D eigenvalue weighted by atomic mass is 16.7. The summed E-state index contributed by atoms with van der Waals surface area (Å²) in [5.74, 6) is 0. The minimum absolute atomic E-state index is 0.0408. The van der Waals surface area contributed by atoms with E-state index < -0.39 is 48.0 Å². The number of benzene rings is 1. The number of hydrogen-bond acceptors (Lipinski definition) is 10. The van der Waals surface area contributed by atoms with E-state index in [1.54, 1.807) is 36.4 Å². The van der Waals surface area contributed by atoms with Gasteiger partial charge < -0.3 is 9.97 Å². The molecule has 0 saturated carbocycles. The Bertz CT molecular complexity index is 2030. The van der Waals surface area contributed by atoms with Crippen LogP contribution in [0, 0.1) is 40.5 Å². The van der Waals surface area contributed by atoms with Crippen LogP contribution in [0.25, 0.3) is 57.5 Å². The molecule has 206 valence electrons. The fourth-order valence-electron chi connectivity index (χ4n) is 4.79. The van der Waals surface area contributed by atoms with Gasteiger partial charge in [-0.3, -0.25) is 40.5 Å². The molecule has 16 nitrogen and oxygen atoms in total. The van der Waals surface area contributed by atoms with Gasteiger partial charge in [-0.2, -0.15) is 0 Å². The summed E-state index contributed by atoms with van der Waals surface area (Å²) in [7, 11) is 0. The summed E-state index contributed by atoms with van der Waals surface area (Å²) in [4.78, 5) is 58.1. The van der Waals surface area contributed by atoms with Crippen LogP contribution in [0.2, 0.25) is 0 Å². The fraction of sp³-hybridized carbons (Fsp3) is 0. The summed E-state index contributed by atoms with van der Waals surface area (Å²) >= 11 is 0. The molecule has 0 unspecified atom stereocenters. The number of hydrogen-bond donors (Lipinski definition) is 2. The van der Waals surface area contributed by atoms with E-state index in [0.29, 0.717) is 28.5 Å². The Morgan fingerprint density at radius 3 is 1.40 bits per heavy atom. The van der Waals surface area contributed by atoms with E-state index in [1.165, 1.54) is 12.2 Å². The SMILES string of the molecule is O=[N+]([O-])c1cc(-c2c3nc(cc4ccc(cc5ccc(cc6nc2C=C6)[nH]5)[nH]4)C=C3)c([N+](=O)[O-])c([N+](=O)[O-])c1[N+](=O)[O-]. The molecule has 0 atom stereocenters. The quantitative estimate of drug-likeness (QED) is 0.184. The molecular formula is C26H14N8O8. The number of rotatable bonds is 5. The van der Waals surface area contributed by atoms with E-state index in [4.69, 9.17) is 0 Å². The smallest absolute Gasteiger partial charge is 0.355 e. The highest BCUT2D eigenvalue weighted by Crippen LogP contribution is 2.50. The lowest BCUT2D eigenvalue weighted by molar-refractivity contribution is -0.451. The van der Waals surface area contributed by atoms with Crippen LogP contribution in [-0.4, -0.2) is 39.6 Å². The zero-order valence-corrected chi connectivity index (χ0v) is 20.9. The van der Waals surface area contributed by atoms with Crippen molar-refractivity contribution >= 4 is 69.1 Å². The Hall–Kier alpha value is -6.58. The molecule has 0 amide bonds. The summed E-state index contributed by atoms with van der Waals surface area (Å²) in [6.45, 7) is 0. The van der Waals surface area contributed by atoms with Gasteiger partial charge >= 0.3 is 22.7 Å². The van der Waals surface area contributed by atoms with Crippen molar-refractivity contribution in [2.24, 2.45) is 0 Å². The van der Waals surface area contributed by atoms with Crippen molar-refractivity contribution in [2.45, 2.75) is 0 Å². The lowest BCUT2D eigenvalue weighted by Crippen LogP contribution is -2.07. The van der Waals surface area contributed by atoms with Crippen molar-refractivity contribution in [3.8, 4) is 11.1 Å². The minimum atomic E-state index is -1.63. The first-order valence-corrected chi connectivity index (χ1v) is 12.0. The van der Waals surface area contributed by atoms with Gasteiger partial charge in [0.05, 0.1) is 48.0 Å². The number of aromatic nitrogens is 4. The van der Waals surface area contributed by atoms with Gasteiger partial charge in [0.2, 0.25) is 0 Å². The van der Waals surface area contributed by atoms with Crippen LogP contribution in [0.1, 0.15) is 22.8 Å². The molecule has 6 rings (SSSR count). The van der Waals surface area contributed by atoms with Gasteiger partial charge in [-0.25, -0.2) is 9.97 Å². The van der Waals surface area contributed by atoms with Gasteiger partial charge in [0, 0.05) is 33.7 Å². The predicted molar refractivity (Wildman–Crippen MR) is 151 cm³/mol. The van der Waals surface area contributed by atoms with Crippen molar-refractivity contribution in [3.05, 3.63) is 112 Å². The molecule has 5 heterocycles. The van der Waals surface area contributed by atoms with E-state index in [1.807, 2.05) is 18.2 Å². The largest absolute Gasteiger partial charge is 0.430 e. The van der Waals surface area contributed by atoms with Crippen molar-refractivity contribution < 1.29 is 19.7 Å². The summed E-state index contributed by atoms with van der Waals surface area (Å²) in [6.07, 6.45) is 6.08. The van der Waals surface area contributed by atoms with Gasteiger partial charge in [-0.15, -0.1) is 0 Å². The van der Waals surface area contributed by atoms with Crippen molar-refractivity contribution in [2.75, 3.05) is 0 Å². The molecule has 2 N–H and O–H groups in total. The monoisotopic (exact) mass is 566 g/mol. The van der Waals surface area contributed by atoms with Crippen molar-refractivity contribution in [1.29, 1.82) is 0 Å². The van der Waals surface area contributed by atoms with E-state index in [-0.39, 0.29) is 17.0 Å². The van der Waals surface area contributed by atoms with Crippen LogP contribution < -0.4 is 0 Å². The Balaban J connectivity index is 1.81. The molecular weight excluding hydrogens is 552 g/mol. The number of nitro benzene ring substituents is 4. The van der Waals surface area contributed by atoms with Crippen LogP contribution in [0.3, 0.4) is 0 Å². The van der Waals surface area contributed by atoms with Gasteiger partial charge in [-0.05, 0) is 66.8 Å². The minimum Gasteiger partial charge on any atom is -0.355 e. The van der Waals surface area contributed by atoms with Crippen molar-refractivity contribution in [3.63, 3.8) is 0 Å². The molecule has 0 fully saturated rings. The standard InChI is InChI=1S/C26H14N8O8/c35-31(36)22-12-19(24(32(37)38)26(34(41)42)25(22)33(39)40)23-20-7-5-17(29-20)10-15-3-1-13(27-15)9-14-2-4-16(28-14)11-18-6-8-21(23)30-18/h1-12,27-28H. The Kier molecular flexibility index (Phi) is 5.85. The maximum Gasteiger partial charge on any atom is 0.430 e. The van der Waals surface area contributed by atoms with E-state index in [2.05, 4.69) is 19.9 Å². The third kappa shape index (κ3) is 4.39. The lowest BCUT2D eigenvalue weighted by atomic mass is 9.97. The summed E-state index contributed by atoms with van der Waals surface area (Å²) in [5, 5.41) is 47.8. The molecule has 0 radical (unpaired) electrons. The average Bonchev–Trinajstić information content (AvgIpc) is 3.74. The van der Waals surface area contributed by atoms with Gasteiger partial charge in [0.15, 0.2) is 0 Å². The number of nitro groups is 4. The molecule has 3 aromatic heterocycles. The second-order valence-corrected chi connectivity index (χ2v) is 9.07. The second-order valence-electron chi connectivity index (χ2n) is 9.07. The average molecular weight is 566 g/mol. The van der Waals surface area contributed by atoms with E-state index >= 15 is 0 Å². The predicted octanol–water partition coefficient (Wildman–Crippen LogP) is 5.96. The van der Waals surface area contributed by atoms with E-state index in [9.17, 15) is 40.5 Å². The number of aromatic amines is 2. The molecule has 16 heteroatoms. The zero-order chi connectivity index (χ0) is 29.7. The maximum atomic E-state index is 12.3.